The lowest BCUT2D eigenvalue weighted by Gasteiger charge is -2.22. The lowest BCUT2D eigenvalue weighted by molar-refractivity contribution is 0.154. The van der Waals surface area contributed by atoms with Crippen LogP contribution in [0.25, 0.3) is 16.9 Å². The van der Waals surface area contributed by atoms with E-state index in [0.29, 0.717) is 6.42 Å². The number of fused-ring (bicyclic) bond motifs is 1. The fourth-order valence-corrected chi connectivity index (χ4v) is 4.12. The van der Waals surface area contributed by atoms with Crippen LogP contribution in [0, 0.1) is 11.8 Å². The standard InChI is InChI=1S/C20H24F2N4O4S/c1-11(27)5-6-30-15-8-17-24-9-14(12-7-13(21)19(23)25-18(12)22)26(17)10-16(15)31(28,29)20(2,3)4/h7-11,27H,5-6H2,1-4H3,(H2,23,25)/t11-/m0/s1. The first-order chi connectivity index (χ1) is 14.3. The molecule has 0 amide bonds. The number of halogens is 2. The van der Waals surface area contributed by atoms with Gasteiger partial charge < -0.3 is 15.6 Å². The molecule has 3 N–H and O–H groups in total. The molecular formula is C20H24F2N4O4S. The number of aromatic nitrogens is 3. The van der Waals surface area contributed by atoms with Crippen LogP contribution in [0.4, 0.5) is 14.6 Å². The van der Waals surface area contributed by atoms with E-state index in [2.05, 4.69) is 9.97 Å². The summed E-state index contributed by atoms with van der Waals surface area (Å²) in [6.45, 7) is 6.30. The predicted molar refractivity (Wildman–Crippen MR) is 111 cm³/mol. The van der Waals surface area contributed by atoms with Gasteiger partial charge in [-0.15, -0.1) is 0 Å². The fourth-order valence-electron chi connectivity index (χ4n) is 2.83. The molecule has 3 aromatic heterocycles. The highest BCUT2D eigenvalue weighted by Gasteiger charge is 2.34. The number of hydrogen-bond donors (Lipinski definition) is 2. The number of nitrogens with zero attached hydrogens (tertiary/aromatic N) is 3. The fraction of sp³-hybridized carbons (Fsp3) is 0.400. The first-order valence-corrected chi connectivity index (χ1v) is 11.0. The van der Waals surface area contributed by atoms with Gasteiger partial charge in [0, 0.05) is 18.7 Å². The summed E-state index contributed by atoms with van der Waals surface area (Å²) in [7, 11) is -3.89. The molecule has 11 heteroatoms. The molecule has 0 bridgehead atoms. The van der Waals surface area contributed by atoms with Gasteiger partial charge in [0.2, 0.25) is 5.95 Å². The number of sulfone groups is 1. The van der Waals surface area contributed by atoms with Crippen LogP contribution >= 0.6 is 0 Å². The third-order valence-electron chi connectivity index (χ3n) is 4.70. The summed E-state index contributed by atoms with van der Waals surface area (Å²) in [6.07, 6.45) is 2.21. The average Bonchev–Trinajstić information content (AvgIpc) is 3.05. The Morgan fingerprint density at radius 1 is 1.29 bits per heavy atom. The Labute approximate surface area is 178 Å². The Bertz CT molecular complexity index is 1230. The van der Waals surface area contributed by atoms with Gasteiger partial charge in [-0.25, -0.2) is 17.8 Å². The van der Waals surface area contributed by atoms with Gasteiger partial charge in [0.15, 0.2) is 21.5 Å². The van der Waals surface area contributed by atoms with E-state index in [1.165, 1.54) is 22.9 Å². The summed E-state index contributed by atoms with van der Waals surface area (Å²) in [5.41, 5.74) is 5.44. The van der Waals surface area contributed by atoms with Gasteiger partial charge in [-0.2, -0.15) is 9.37 Å². The van der Waals surface area contributed by atoms with Crippen LogP contribution in [0.1, 0.15) is 34.1 Å². The van der Waals surface area contributed by atoms with E-state index in [0.717, 1.165) is 6.07 Å². The second-order valence-electron chi connectivity index (χ2n) is 8.17. The van der Waals surface area contributed by atoms with Crippen LogP contribution in [-0.2, 0) is 9.84 Å². The maximum atomic E-state index is 14.4. The molecule has 0 spiro atoms. The summed E-state index contributed by atoms with van der Waals surface area (Å²) in [6, 6.07) is 2.29. The van der Waals surface area contributed by atoms with E-state index < -0.39 is 38.3 Å². The minimum absolute atomic E-state index is 0.0577. The smallest absolute Gasteiger partial charge is 0.224 e. The van der Waals surface area contributed by atoms with E-state index in [-0.39, 0.29) is 34.2 Å². The maximum Gasteiger partial charge on any atom is 0.224 e. The van der Waals surface area contributed by atoms with Crippen LogP contribution < -0.4 is 10.5 Å². The maximum absolute atomic E-state index is 14.4. The number of aliphatic hydroxyl groups excluding tert-OH is 1. The van der Waals surface area contributed by atoms with Crippen LogP contribution in [-0.4, -0.2) is 45.4 Å². The van der Waals surface area contributed by atoms with Gasteiger partial charge in [-0.1, -0.05) is 0 Å². The summed E-state index contributed by atoms with van der Waals surface area (Å²) in [5, 5.41) is 9.46. The molecule has 31 heavy (non-hydrogen) atoms. The predicted octanol–water partition coefficient (Wildman–Crippen LogP) is 2.98. The molecule has 1 atom stereocenters. The molecule has 0 unspecified atom stereocenters. The first kappa shape index (κ1) is 22.9. The lowest BCUT2D eigenvalue weighted by atomic mass is 10.2. The SMILES string of the molecule is C[C@H](O)CCOc1cc2ncc(-c3cc(F)c(N)nc3F)n2cc1S(=O)(=O)C(C)(C)C. The summed E-state index contributed by atoms with van der Waals surface area (Å²) >= 11 is 0. The van der Waals surface area contributed by atoms with Gasteiger partial charge >= 0.3 is 0 Å². The van der Waals surface area contributed by atoms with Crippen molar-refractivity contribution in [1.29, 1.82) is 0 Å². The van der Waals surface area contributed by atoms with Crippen molar-refractivity contribution in [3.05, 3.63) is 36.3 Å². The summed E-state index contributed by atoms with van der Waals surface area (Å²) in [4.78, 5) is 7.38. The molecule has 0 aromatic carbocycles. The largest absolute Gasteiger partial charge is 0.492 e. The zero-order chi connectivity index (χ0) is 23.1. The lowest BCUT2D eigenvalue weighted by Crippen LogP contribution is -2.28. The molecule has 0 saturated carbocycles. The minimum Gasteiger partial charge on any atom is -0.492 e. The molecule has 8 nitrogen and oxygen atoms in total. The molecule has 0 radical (unpaired) electrons. The minimum atomic E-state index is -3.89. The second-order valence-corrected chi connectivity index (χ2v) is 10.8. The molecule has 0 aliphatic rings. The Balaban J connectivity index is 2.23. The van der Waals surface area contributed by atoms with Crippen molar-refractivity contribution in [3.8, 4) is 17.0 Å². The summed E-state index contributed by atoms with van der Waals surface area (Å²) < 4.78 is 60.6. The quantitative estimate of drug-likeness (QED) is 0.550. The topological polar surface area (TPSA) is 120 Å². The summed E-state index contributed by atoms with van der Waals surface area (Å²) in [5.74, 6) is -2.45. The zero-order valence-electron chi connectivity index (χ0n) is 17.6. The second kappa shape index (κ2) is 8.04. The van der Waals surface area contributed by atoms with E-state index in [9.17, 15) is 22.3 Å². The van der Waals surface area contributed by atoms with Crippen molar-refractivity contribution in [3.63, 3.8) is 0 Å². The Hall–Kier alpha value is -2.79. The Kier molecular flexibility index (Phi) is 5.94. The van der Waals surface area contributed by atoms with E-state index >= 15 is 0 Å². The van der Waals surface area contributed by atoms with Crippen LogP contribution in [0.3, 0.4) is 0 Å². The number of hydrogen-bond acceptors (Lipinski definition) is 7. The van der Waals surface area contributed by atoms with E-state index in [4.69, 9.17) is 10.5 Å². The number of rotatable bonds is 6. The van der Waals surface area contributed by atoms with Gasteiger partial charge in [-0.3, -0.25) is 4.40 Å². The molecule has 3 aromatic rings. The van der Waals surface area contributed by atoms with E-state index in [1.54, 1.807) is 27.7 Å². The van der Waals surface area contributed by atoms with Crippen molar-refractivity contribution in [2.45, 2.75) is 49.9 Å². The molecule has 0 aliphatic heterocycles. The number of aliphatic hydroxyl groups is 1. The molecule has 0 saturated heterocycles. The van der Waals surface area contributed by atoms with Gasteiger partial charge in [0.25, 0.3) is 0 Å². The van der Waals surface area contributed by atoms with Crippen molar-refractivity contribution >= 4 is 21.3 Å². The third-order valence-corrected chi connectivity index (χ3v) is 7.19. The van der Waals surface area contributed by atoms with Gasteiger partial charge in [-0.05, 0) is 33.8 Å². The third kappa shape index (κ3) is 4.33. The number of imidazole rings is 1. The average molecular weight is 454 g/mol. The number of anilines is 1. The number of pyridine rings is 2. The molecule has 3 heterocycles. The number of nitrogens with two attached hydrogens (primary N) is 1. The zero-order valence-corrected chi connectivity index (χ0v) is 18.4. The first-order valence-electron chi connectivity index (χ1n) is 9.51. The Morgan fingerprint density at radius 3 is 2.58 bits per heavy atom. The van der Waals surface area contributed by atoms with Crippen LogP contribution in [0.2, 0.25) is 0 Å². The highest BCUT2D eigenvalue weighted by Crippen LogP contribution is 2.35. The molecule has 168 valence electrons. The van der Waals surface area contributed by atoms with Crippen molar-refractivity contribution in [2.75, 3.05) is 12.3 Å². The Morgan fingerprint density at radius 2 is 1.97 bits per heavy atom. The van der Waals surface area contributed by atoms with Gasteiger partial charge in [0.05, 0.1) is 34.9 Å². The molecule has 3 rings (SSSR count). The van der Waals surface area contributed by atoms with Crippen LogP contribution in [0.5, 0.6) is 5.75 Å². The van der Waals surface area contributed by atoms with Gasteiger partial charge in [0.1, 0.15) is 16.3 Å². The van der Waals surface area contributed by atoms with Crippen molar-refractivity contribution < 1.29 is 27.0 Å². The van der Waals surface area contributed by atoms with Crippen LogP contribution in [0.15, 0.2) is 29.4 Å². The molecular weight excluding hydrogens is 430 g/mol. The number of ether oxygens (including phenoxy) is 1. The number of nitrogen functional groups attached to an aromatic ring is 1. The molecule has 0 fully saturated rings. The van der Waals surface area contributed by atoms with E-state index in [1.807, 2.05) is 0 Å². The normalized spacial score (nSPS) is 13.5. The van der Waals surface area contributed by atoms with Crippen molar-refractivity contribution in [1.82, 2.24) is 14.4 Å². The van der Waals surface area contributed by atoms with Crippen molar-refractivity contribution in [2.24, 2.45) is 0 Å². The monoisotopic (exact) mass is 454 g/mol. The highest BCUT2D eigenvalue weighted by molar-refractivity contribution is 7.92. The highest BCUT2D eigenvalue weighted by atomic mass is 32.2. The molecule has 0 aliphatic carbocycles.